The molecule has 1 N–H and O–H groups in total. The molecule has 0 unspecified atom stereocenters. The van der Waals surface area contributed by atoms with Gasteiger partial charge in [0.2, 0.25) is 0 Å². The first-order chi connectivity index (χ1) is 10.8. The van der Waals surface area contributed by atoms with Gasteiger partial charge in [0, 0.05) is 17.0 Å². The maximum absolute atomic E-state index is 13.5. The van der Waals surface area contributed by atoms with E-state index in [0.29, 0.717) is 8.95 Å². The number of carbonyl (C=O) groups is 1. The molecule has 0 bridgehead atoms. The quantitative estimate of drug-likeness (QED) is 0.531. The molecule has 0 spiro atoms. The predicted molar refractivity (Wildman–Crippen MR) is 87.8 cm³/mol. The van der Waals surface area contributed by atoms with E-state index in [1.54, 1.807) is 6.92 Å². The molecule has 3 nitrogen and oxygen atoms in total. The van der Waals surface area contributed by atoms with Crippen molar-refractivity contribution in [3.63, 3.8) is 0 Å². The van der Waals surface area contributed by atoms with Crippen LogP contribution in [0.5, 0.6) is 5.75 Å². The Hall–Kier alpha value is -1.73. The molecular formula is C16H8Br2F2O3. The van der Waals surface area contributed by atoms with Crippen LogP contribution in [0.15, 0.2) is 37.6 Å². The number of phenolic OH excluding ortho intramolecular Hbond substituents is 1. The van der Waals surface area contributed by atoms with Gasteiger partial charge in [0.15, 0.2) is 17.4 Å². The van der Waals surface area contributed by atoms with E-state index < -0.39 is 17.4 Å². The Morgan fingerprint density at radius 2 is 1.65 bits per heavy atom. The fraction of sp³-hybridized carbons (Fsp3) is 0.0625. The normalized spacial score (nSPS) is 11.2. The Labute approximate surface area is 146 Å². The van der Waals surface area contributed by atoms with Crippen molar-refractivity contribution in [3.8, 4) is 5.75 Å². The second-order valence-corrected chi connectivity index (χ2v) is 6.62. The van der Waals surface area contributed by atoms with Crippen LogP contribution in [0.25, 0.3) is 11.0 Å². The van der Waals surface area contributed by atoms with Gasteiger partial charge in [0.1, 0.15) is 17.1 Å². The lowest BCUT2D eigenvalue weighted by Crippen LogP contribution is -2.03. The van der Waals surface area contributed by atoms with E-state index in [1.165, 1.54) is 12.1 Å². The monoisotopic (exact) mass is 444 g/mol. The van der Waals surface area contributed by atoms with Crippen LogP contribution < -0.4 is 0 Å². The molecule has 0 fully saturated rings. The number of carbonyl (C=O) groups excluding carboxylic acids is 1. The first-order valence-corrected chi connectivity index (χ1v) is 7.99. The third kappa shape index (κ3) is 2.68. The number of halogens is 4. The third-order valence-corrected chi connectivity index (χ3v) is 4.62. The zero-order chi connectivity index (χ0) is 16.9. The molecule has 2 aromatic carbocycles. The van der Waals surface area contributed by atoms with E-state index in [1.807, 2.05) is 0 Å². The largest absolute Gasteiger partial charge is 0.506 e. The summed E-state index contributed by atoms with van der Waals surface area (Å²) >= 11 is 6.31. The molecule has 0 radical (unpaired) electrons. The Morgan fingerprint density at radius 1 is 1.09 bits per heavy atom. The topological polar surface area (TPSA) is 50.4 Å². The lowest BCUT2D eigenvalue weighted by molar-refractivity contribution is 0.103. The molecule has 7 heteroatoms. The lowest BCUT2D eigenvalue weighted by atomic mass is 10.0. The molecule has 0 atom stereocenters. The van der Waals surface area contributed by atoms with Crippen LogP contribution >= 0.6 is 31.9 Å². The van der Waals surface area contributed by atoms with Crippen LogP contribution in [0.1, 0.15) is 21.7 Å². The van der Waals surface area contributed by atoms with Crippen molar-refractivity contribution >= 4 is 48.6 Å². The number of benzene rings is 2. The summed E-state index contributed by atoms with van der Waals surface area (Å²) < 4.78 is 32.8. The summed E-state index contributed by atoms with van der Waals surface area (Å²) in [6.07, 6.45) is 0. The number of rotatable bonds is 2. The molecule has 0 aliphatic heterocycles. The molecule has 0 aliphatic rings. The minimum atomic E-state index is -1.06. The summed E-state index contributed by atoms with van der Waals surface area (Å²) in [6, 6.07) is 4.75. The average Bonchev–Trinajstić information content (AvgIpc) is 2.79. The van der Waals surface area contributed by atoms with Crippen molar-refractivity contribution in [2.24, 2.45) is 0 Å². The minimum Gasteiger partial charge on any atom is -0.506 e. The van der Waals surface area contributed by atoms with E-state index in [2.05, 4.69) is 31.9 Å². The van der Waals surface area contributed by atoms with Crippen LogP contribution in [-0.4, -0.2) is 10.9 Å². The van der Waals surface area contributed by atoms with Crippen LogP contribution in [0.4, 0.5) is 8.78 Å². The number of aryl methyl sites for hydroxylation is 1. The number of hydrogen-bond donors (Lipinski definition) is 1. The fourth-order valence-corrected chi connectivity index (χ4v) is 3.52. The van der Waals surface area contributed by atoms with Gasteiger partial charge in [-0.2, -0.15) is 0 Å². The van der Waals surface area contributed by atoms with Crippen molar-refractivity contribution in [3.05, 3.63) is 61.7 Å². The third-order valence-electron chi connectivity index (χ3n) is 3.41. The highest BCUT2D eigenvalue weighted by Gasteiger charge is 2.22. The van der Waals surface area contributed by atoms with E-state index in [9.17, 15) is 18.7 Å². The molecule has 0 aliphatic carbocycles. The molecule has 23 heavy (non-hydrogen) atoms. The van der Waals surface area contributed by atoms with Gasteiger partial charge < -0.3 is 9.52 Å². The fourth-order valence-electron chi connectivity index (χ4n) is 2.34. The van der Waals surface area contributed by atoms with E-state index in [0.717, 1.165) is 12.1 Å². The van der Waals surface area contributed by atoms with Crippen LogP contribution in [0.3, 0.4) is 0 Å². The number of aromatic hydroxyl groups is 1. The van der Waals surface area contributed by atoms with Crippen molar-refractivity contribution in [1.29, 1.82) is 0 Å². The van der Waals surface area contributed by atoms with Crippen molar-refractivity contribution < 1.29 is 23.1 Å². The molecule has 118 valence electrons. The first kappa shape index (κ1) is 16.1. The highest BCUT2D eigenvalue weighted by Crippen LogP contribution is 2.35. The van der Waals surface area contributed by atoms with Gasteiger partial charge in [-0.05, 0) is 57.0 Å². The number of fused-ring (bicyclic) bond motifs is 1. The maximum Gasteiger partial charge on any atom is 0.197 e. The smallest absolute Gasteiger partial charge is 0.197 e. The highest BCUT2D eigenvalue weighted by atomic mass is 79.9. The summed E-state index contributed by atoms with van der Waals surface area (Å²) in [7, 11) is 0. The van der Waals surface area contributed by atoms with E-state index in [4.69, 9.17) is 4.42 Å². The van der Waals surface area contributed by atoms with Gasteiger partial charge in [-0.3, -0.25) is 4.79 Å². The number of phenols is 1. The Balaban J connectivity index is 2.22. The molecule has 0 amide bonds. The predicted octanol–water partition coefficient (Wildman–Crippen LogP) is 5.48. The summed E-state index contributed by atoms with van der Waals surface area (Å²) in [4.78, 5) is 12.8. The average molecular weight is 446 g/mol. The van der Waals surface area contributed by atoms with Crippen LogP contribution in [0.2, 0.25) is 0 Å². The van der Waals surface area contributed by atoms with Gasteiger partial charge in [0.25, 0.3) is 0 Å². The molecule has 3 rings (SSSR count). The Morgan fingerprint density at radius 3 is 2.26 bits per heavy atom. The molecule has 1 aromatic heterocycles. The summed E-state index contributed by atoms with van der Waals surface area (Å²) in [5, 5.41) is 9.92. The molecular weight excluding hydrogens is 438 g/mol. The zero-order valence-corrected chi connectivity index (χ0v) is 14.8. The van der Waals surface area contributed by atoms with Crippen LogP contribution in [0, 0.1) is 18.6 Å². The molecule has 0 saturated heterocycles. The van der Waals surface area contributed by atoms with E-state index in [-0.39, 0.29) is 33.6 Å². The Bertz CT molecular complexity index is 941. The zero-order valence-electron chi connectivity index (χ0n) is 11.6. The van der Waals surface area contributed by atoms with E-state index >= 15 is 0 Å². The molecule has 3 aromatic rings. The second-order valence-electron chi connectivity index (χ2n) is 4.91. The van der Waals surface area contributed by atoms with Crippen LogP contribution in [-0.2, 0) is 0 Å². The summed E-state index contributed by atoms with van der Waals surface area (Å²) in [5.74, 6) is -2.30. The Kier molecular flexibility index (Phi) is 4.01. The summed E-state index contributed by atoms with van der Waals surface area (Å²) in [5.41, 5.74) is 0.516. The first-order valence-electron chi connectivity index (χ1n) is 6.40. The highest BCUT2D eigenvalue weighted by molar-refractivity contribution is 9.11. The van der Waals surface area contributed by atoms with Gasteiger partial charge >= 0.3 is 0 Å². The van der Waals surface area contributed by atoms with Crippen molar-refractivity contribution in [2.45, 2.75) is 6.92 Å². The lowest BCUT2D eigenvalue weighted by Gasteiger charge is -2.05. The van der Waals surface area contributed by atoms with Gasteiger partial charge in [-0.15, -0.1) is 0 Å². The maximum atomic E-state index is 13.5. The second kappa shape index (κ2) is 5.72. The SMILES string of the molecule is Cc1oc2cc(F)c(F)cc2c1C(=O)c1cc(Br)c(O)c(Br)c1. The number of ketones is 1. The number of hydrogen-bond acceptors (Lipinski definition) is 3. The standard InChI is InChI=1S/C16H8Br2F2O3/c1-6-14(8-4-11(19)12(20)5-13(8)23-6)15(21)7-2-9(17)16(22)10(18)3-7/h2-5,22H,1H3. The summed E-state index contributed by atoms with van der Waals surface area (Å²) in [6.45, 7) is 1.55. The molecule has 0 saturated carbocycles. The van der Waals surface area contributed by atoms with Crippen molar-refractivity contribution in [1.82, 2.24) is 0 Å². The van der Waals surface area contributed by atoms with Gasteiger partial charge in [-0.25, -0.2) is 8.78 Å². The van der Waals surface area contributed by atoms with Crippen molar-refractivity contribution in [2.75, 3.05) is 0 Å². The molecule has 1 heterocycles. The number of furan rings is 1. The van der Waals surface area contributed by atoms with Gasteiger partial charge in [-0.1, -0.05) is 0 Å². The van der Waals surface area contributed by atoms with Gasteiger partial charge in [0.05, 0.1) is 14.5 Å². The minimum absolute atomic E-state index is 0.0385.